The molecule has 0 atom stereocenters. The summed E-state index contributed by atoms with van der Waals surface area (Å²) in [4.78, 5) is 2.35. The van der Waals surface area contributed by atoms with Gasteiger partial charge in [-0.2, -0.15) is 0 Å². The second-order valence-electron chi connectivity index (χ2n) is 4.19. The molecular formula is C11H20FN. The molecule has 0 radical (unpaired) electrons. The van der Waals surface area contributed by atoms with Crippen LogP contribution in [0, 0.1) is 0 Å². The van der Waals surface area contributed by atoms with Crippen molar-refractivity contribution in [3.63, 3.8) is 0 Å². The number of alkyl halides is 1. The number of nitrogens with zero attached hydrogens (tertiary/aromatic N) is 1. The van der Waals surface area contributed by atoms with Crippen molar-refractivity contribution in [1.29, 1.82) is 0 Å². The van der Waals surface area contributed by atoms with Crippen LogP contribution in [0.1, 0.15) is 32.6 Å². The largest absolute Gasteiger partial charge is 0.303 e. The minimum atomic E-state index is -0.908. The Balaban J connectivity index is 2.14. The van der Waals surface area contributed by atoms with Crippen LogP contribution in [0.3, 0.4) is 0 Å². The Morgan fingerprint density at radius 2 is 2.08 bits per heavy atom. The van der Waals surface area contributed by atoms with Gasteiger partial charge in [0.1, 0.15) is 5.67 Å². The summed E-state index contributed by atoms with van der Waals surface area (Å²) < 4.78 is 13.4. The van der Waals surface area contributed by atoms with E-state index in [1.54, 1.807) is 6.92 Å². The zero-order valence-electron chi connectivity index (χ0n) is 8.56. The third kappa shape index (κ3) is 3.90. The molecule has 0 saturated carbocycles. The normalized spacial score (nSPS) is 22.9. The van der Waals surface area contributed by atoms with E-state index >= 15 is 0 Å². The molecular weight excluding hydrogens is 165 g/mol. The first-order valence-electron chi connectivity index (χ1n) is 5.16. The molecule has 0 aromatic carbocycles. The molecule has 76 valence electrons. The van der Waals surface area contributed by atoms with Gasteiger partial charge in [0.2, 0.25) is 0 Å². The molecule has 0 aliphatic carbocycles. The van der Waals surface area contributed by atoms with E-state index in [0.717, 1.165) is 32.5 Å². The number of allylic oxidation sites excluding steroid dienone is 1. The van der Waals surface area contributed by atoms with Crippen LogP contribution in [0.15, 0.2) is 12.7 Å². The number of rotatable bonds is 4. The lowest BCUT2D eigenvalue weighted by molar-refractivity contribution is 0.0738. The summed E-state index contributed by atoms with van der Waals surface area (Å²) in [7, 11) is 0. The smallest absolute Gasteiger partial charge is 0.110 e. The lowest BCUT2D eigenvalue weighted by Gasteiger charge is -2.34. The van der Waals surface area contributed by atoms with Crippen molar-refractivity contribution in [3.8, 4) is 0 Å². The number of hydrogen-bond donors (Lipinski definition) is 0. The summed E-state index contributed by atoms with van der Waals surface area (Å²) in [5.41, 5.74) is -0.908. The van der Waals surface area contributed by atoms with Crippen LogP contribution in [0.5, 0.6) is 0 Å². The van der Waals surface area contributed by atoms with Crippen molar-refractivity contribution in [2.24, 2.45) is 0 Å². The van der Waals surface area contributed by atoms with E-state index < -0.39 is 5.67 Å². The molecule has 0 aromatic heterocycles. The van der Waals surface area contributed by atoms with Crippen molar-refractivity contribution in [2.75, 3.05) is 19.6 Å². The summed E-state index contributed by atoms with van der Waals surface area (Å²) in [6, 6.07) is 0. The lowest BCUT2D eigenvalue weighted by atomic mass is 9.95. The highest BCUT2D eigenvalue weighted by molar-refractivity contribution is 4.82. The molecule has 0 amide bonds. The first kappa shape index (κ1) is 10.7. The fourth-order valence-electron chi connectivity index (χ4n) is 1.70. The quantitative estimate of drug-likeness (QED) is 0.481. The monoisotopic (exact) mass is 185 g/mol. The minimum absolute atomic E-state index is 0.696. The SMILES string of the molecule is C=CCCCN1CCC(C)(F)CC1. The Bertz CT molecular complexity index is 155. The number of hydrogen-bond acceptors (Lipinski definition) is 1. The van der Waals surface area contributed by atoms with E-state index in [2.05, 4.69) is 11.5 Å². The number of likely N-dealkylation sites (tertiary alicyclic amines) is 1. The predicted molar refractivity (Wildman–Crippen MR) is 54.6 cm³/mol. The highest BCUT2D eigenvalue weighted by atomic mass is 19.1. The van der Waals surface area contributed by atoms with Crippen LogP contribution in [-0.2, 0) is 0 Å². The summed E-state index contributed by atoms with van der Waals surface area (Å²) in [5.74, 6) is 0. The third-order valence-corrected chi connectivity index (χ3v) is 2.78. The molecule has 1 aliphatic heterocycles. The van der Waals surface area contributed by atoms with Gasteiger partial charge in [0, 0.05) is 13.1 Å². The molecule has 2 heteroatoms. The standard InChI is InChI=1S/C11H20FN/c1-3-4-5-8-13-9-6-11(2,12)7-10-13/h3H,1,4-10H2,2H3. The van der Waals surface area contributed by atoms with Crippen molar-refractivity contribution in [2.45, 2.75) is 38.3 Å². The Morgan fingerprint density at radius 3 is 2.62 bits per heavy atom. The topological polar surface area (TPSA) is 3.24 Å². The first-order valence-corrected chi connectivity index (χ1v) is 5.16. The van der Waals surface area contributed by atoms with Crippen LogP contribution in [0.4, 0.5) is 4.39 Å². The Labute approximate surface area is 80.6 Å². The van der Waals surface area contributed by atoms with E-state index in [0.29, 0.717) is 12.8 Å². The third-order valence-electron chi connectivity index (χ3n) is 2.78. The second kappa shape index (κ2) is 4.75. The molecule has 0 N–H and O–H groups in total. The highest BCUT2D eigenvalue weighted by Crippen LogP contribution is 2.25. The van der Waals surface area contributed by atoms with E-state index in [4.69, 9.17) is 0 Å². The number of piperidine rings is 1. The summed E-state index contributed by atoms with van der Waals surface area (Å²) in [6.07, 6.45) is 5.57. The van der Waals surface area contributed by atoms with Gasteiger partial charge in [-0.1, -0.05) is 6.08 Å². The molecule has 0 spiro atoms. The van der Waals surface area contributed by atoms with Gasteiger partial charge in [-0.15, -0.1) is 6.58 Å². The zero-order chi connectivity index (χ0) is 9.73. The van der Waals surface area contributed by atoms with Gasteiger partial charge >= 0.3 is 0 Å². The molecule has 0 bridgehead atoms. The average Bonchev–Trinajstić information content (AvgIpc) is 2.08. The van der Waals surface area contributed by atoms with Gasteiger partial charge in [-0.25, -0.2) is 4.39 Å². The lowest BCUT2D eigenvalue weighted by Crippen LogP contribution is -2.40. The van der Waals surface area contributed by atoms with Gasteiger partial charge < -0.3 is 4.90 Å². The molecule has 0 aromatic rings. The number of halogens is 1. The zero-order valence-corrected chi connectivity index (χ0v) is 8.56. The highest BCUT2D eigenvalue weighted by Gasteiger charge is 2.28. The van der Waals surface area contributed by atoms with Crippen LogP contribution in [-0.4, -0.2) is 30.2 Å². The first-order chi connectivity index (χ1) is 6.14. The van der Waals surface area contributed by atoms with Crippen LogP contribution in [0.25, 0.3) is 0 Å². The van der Waals surface area contributed by atoms with Gasteiger partial charge in [0.25, 0.3) is 0 Å². The minimum Gasteiger partial charge on any atom is -0.303 e. The molecule has 1 nitrogen and oxygen atoms in total. The van der Waals surface area contributed by atoms with Gasteiger partial charge in [-0.3, -0.25) is 0 Å². The van der Waals surface area contributed by atoms with Crippen molar-refractivity contribution >= 4 is 0 Å². The fraction of sp³-hybridized carbons (Fsp3) is 0.818. The van der Waals surface area contributed by atoms with Gasteiger partial charge in [0.15, 0.2) is 0 Å². The Kier molecular flexibility index (Phi) is 3.91. The van der Waals surface area contributed by atoms with Crippen LogP contribution < -0.4 is 0 Å². The molecule has 13 heavy (non-hydrogen) atoms. The molecule has 1 heterocycles. The fourth-order valence-corrected chi connectivity index (χ4v) is 1.70. The van der Waals surface area contributed by atoms with Crippen molar-refractivity contribution < 1.29 is 4.39 Å². The van der Waals surface area contributed by atoms with E-state index in [-0.39, 0.29) is 0 Å². The Hall–Kier alpha value is -0.370. The Morgan fingerprint density at radius 1 is 1.46 bits per heavy atom. The average molecular weight is 185 g/mol. The van der Waals surface area contributed by atoms with E-state index in [1.165, 1.54) is 0 Å². The number of unbranched alkanes of at least 4 members (excludes halogenated alkanes) is 1. The maximum Gasteiger partial charge on any atom is 0.110 e. The molecule has 0 unspecified atom stereocenters. The molecule has 1 aliphatic rings. The van der Waals surface area contributed by atoms with E-state index in [9.17, 15) is 4.39 Å². The van der Waals surface area contributed by atoms with Crippen molar-refractivity contribution in [1.82, 2.24) is 4.90 Å². The summed E-state index contributed by atoms with van der Waals surface area (Å²) >= 11 is 0. The maximum absolute atomic E-state index is 13.4. The van der Waals surface area contributed by atoms with Crippen LogP contribution >= 0.6 is 0 Å². The van der Waals surface area contributed by atoms with Crippen LogP contribution in [0.2, 0.25) is 0 Å². The molecule has 1 saturated heterocycles. The van der Waals surface area contributed by atoms with E-state index in [1.807, 2.05) is 6.08 Å². The van der Waals surface area contributed by atoms with Gasteiger partial charge in [0.05, 0.1) is 0 Å². The summed E-state index contributed by atoms with van der Waals surface area (Å²) in [5, 5.41) is 0. The second-order valence-corrected chi connectivity index (χ2v) is 4.19. The maximum atomic E-state index is 13.4. The van der Waals surface area contributed by atoms with Gasteiger partial charge in [-0.05, 0) is 39.2 Å². The summed E-state index contributed by atoms with van der Waals surface area (Å²) in [6.45, 7) is 8.35. The molecule has 1 rings (SSSR count). The predicted octanol–water partition coefficient (Wildman–Crippen LogP) is 2.78. The van der Waals surface area contributed by atoms with Crippen molar-refractivity contribution in [3.05, 3.63) is 12.7 Å². The molecule has 1 fully saturated rings.